The van der Waals surface area contributed by atoms with Crippen molar-refractivity contribution in [1.82, 2.24) is 4.72 Å². The second-order valence-corrected chi connectivity index (χ2v) is 6.48. The van der Waals surface area contributed by atoms with Crippen LogP contribution < -0.4 is 4.72 Å². The first-order valence-corrected chi connectivity index (χ1v) is 8.03. The van der Waals surface area contributed by atoms with Gasteiger partial charge in [-0.3, -0.25) is 0 Å². The van der Waals surface area contributed by atoms with E-state index in [9.17, 15) is 13.5 Å². The van der Waals surface area contributed by atoms with Crippen molar-refractivity contribution in [3.63, 3.8) is 0 Å². The van der Waals surface area contributed by atoms with Gasteiger partial charge in [0.05, 0.1) is 24.5 Å². The number of hydrogen-bond donors (Lipinski definition) is 2. The quantitative estimate of drug-likeness (QED) is 0.811. The molecule has 2 N–H and O–H groups in total. The average Bonchev–Trinajstić information content (AvgIpc) is 2.89. The lowest BCUT2D eigenvalue weighted by Crippen LogP contribution is -2.36. The SMILES string of the molecule is O=S(=O)(CC1CCCO1)NC(CO)c1ccccc1. The van der Waals surface area contributed by atoms with Gasteiger partial charge >= 0.3 is 0 Å². The molecule has 6 heteroatoms. The van der Waals surface area contributed by atoms with Crippen LogP contribution in [0.15, 0.2) is 30.3 Å². The molecule has 0 bridgehead atoms. The number of benzene rings is 1. The fourth-order valence-corrected chi connectivity index (χ4v) is 3.67. The van der Waals surface area contributed by atoms with Crippen LogP contribution in [0.25, 0.3) is 0 Å². The highest BCUT2D eigenvalue weighted by molar-refractivity contribution is 7.89. The standard InChI is InChI=1S/C13H19NO4S/c15-9-13(11-5-2-1-3-6-11)14-19(16,17)10-12-7-4-8-18-12/h1-3,5-6,12-15H,4,7-10H2. The monoisotopic (exact) mass is 285 g/mol. The molecule has 1 aromatic carbocycles. The van der Waals surface area contributed by atoms with Gasteiger partial charge in [0.1, 0.15) is 0 Å². The molecule has 1 aliphatic rings. The molecule has 0 saturated carbocycles. The van der Waals surface area contributed by atoms with Crippen LogP contribution >= 0.6 is 0 Å². The maximum Gasteiger partial charge on any atom is 0.214 e. The van der Waals surface area contributed by atoms with E-state index in [4.69, 9.17) is 4.74 Å². The lowest BCUT2D eigenvalue weighted by molar-refractivity contribution is 0.127. The Labute approximate surface area is 113 Å². The summed E-state index contributed by atoms with van der Waals surface area (Å²) in [5, 5.41) is 9.35. The molecule has 1 fully saturated rings. The van der Waals surface area contributed by atoms with E-state index in [0.717, 1.165) is 18.4 Å². The maximum absolute atomic E-state index is 12.0. The van der Waals surface area contributed by atoms with Crippen LogP contribution in [0, 0.1) is 0 Å². The Kier molecular flexibility index (Phi) is 4.93. The predicted octanol–water partition coefficient (Wildman–Crippen LogP) is 0.818. The molecule has 0 amide bonds. The third-order valence-corrected chi connectivity index (χ3v) is 4.59. The van der Waals surface area contributed by atoms with Crippen molar-refractivity contribution in [2.75, 3.05) is 19.0 Å². The van der Waals surface area contributed by atoms with Gasteiger partial charge in [-0.05, 0) is 18.4 Å². The fourth-order valence-electron chi connectivity index (χ4n) is 2.18. The van der Waals surface area contributed by atoms with Gasteiger partial charge in [0.2, 0.25) is 10.0 Å². The molecule has 0 aromatic heterocycles. The molecular formula is C13H19NO4S. The van der Waals surface area contributed by atoms with Gasteiger partial charge in [-0.25, -0.2) is 13.1 Å². The Hall–Kier alpha value is -0.950. The first kappa shape index (κ1) is 14.5. The molecule has 5 nitrogen and oxygen atoms in total. The number of ether oxygens (including phenoxy) is 1. The van der Waals surface area contributed by atoms with E-state index in [1.807, 2.05) is 18.2 Å². The van der Waals surface area contributed by atoms with Crippen molar-refractivity contribution in [2.45, 2.75) is 25.0 Å². The van der Waals surface area contributed by atoms with E-state index in [-0.39, 0.29) is 18.5 Å². The minimum atomic E-state index is -3.46. The second kappa shape index (κ2) is 6.47. The van der Waals surface area contributed by atoms with E-state index < -0.39 is 16.1 Å². The lowest BCUT2D eigenvalue weighted by Gasteiger charge is -2.18. The third-order valence-electron chi connectivity index (χ3n) is 3.14. The van der Waals surface area contributed by atoms with Crippen LogP contribution in [0.1, 0.15) is 24.4 Å². The van der Waals surface area contributed by atoms with E-state index in [2.05, 4.69) is 4.72 Å². The van der Waals surface area contributed by atoms with Gasteiger partial charge in [-0.1, -0.05) is 30.3 Å². The molecule has 0 radical (unpaired) electrons. The molecule has 1 aliphatic heterocycles. The van der Waals surface area contributed by atoms with Gasteiger partial charge in [-0.2, -0.15) is 0 Å². The summed E-state index contributed by atoms with van der Waals surface area (Å²) in [6.45, 7) is 0.358. The van der Waals surface area contributed by atoms with Crippen LogP contribution in [-0.4, -0.2) is 38.6 Å². The second-order valence-electron chi connectivity index (χ2n) is 4.68. The lowest BCUT2D eigenvalue weighted by atomic mass is 10.1. The Morgan fingerprint density at radius 2 is 2.11 bits per heavy atom. The summed E-state index contributed by atoms with van der Waals surface area (Å²) in [6, 6.07) is 8.44. The average molecular weight is 285 g/mol. The maximum atomic E-state index is 12.0. The summed E-state index contributed by atoms with van der Waals surface area (Å²) in [7, 11) is -3.46. The van der Waals surface area contributed by atoms with Gasteiger partial charge in [-0.15, -0.1) is 0 Å². The Balaban J connectivity index is 2.00. The molecule has 1 saturated heterocycles. The number of nitrogens with one attached hydrogen (secondary N) is 1. The molecule has 1 aromatic rings. The third kappa shape index (κ3) is 4.28. The number of aliphatic hydroxyl groups excluding tert-OH is 1. The van der Waals surface area contributed by atoms with Crippen LogP contribution in [0.3, 0.4) is 0 Å². The highest BCUT2D eigenvalue weighted by atomic mass is 32.2. The zero-order chi connectivity index (χ0) is 13.7. The largest absolute Gasteiger partial charge is 0.394 e. The Bertz CT molecular complexity index is 483. The molecular weight excluding hydrogens is 266 g/mol. The van der Waals surface area contributed by atoms with Crippen molar-refractivity contribution in [2.24, 2.45) is 0 Å². The van der Waals surface area contributed by atoms with Crippen molar-refractivity contribution in [3.8, 4) is 0 Å². The van der Waals surface area contributed by atoms with E-state index in [0.29, 0.717) is 6.61 Å². The minimum Gasteiger partial charge on any atom is -0.394 e. The molecule has 1 heterocycles. The number of sulfonamides is 1. The van der Waals surface area contributed by atoms with E-state index >= 15 is 0 Å². The molecule has 2 unspecified atom stereocenters. The van der Waals surface area contributed by atoms with Gasteiger partial charge in [0.25, 0.3) is 0 Å². The number of rotatable bonds is 6. The highest BCUT2D eigenvalue weighted by Crippen LogP contribution is 2.17. The van der Waals surface area contributed by atoms with Crippen molar-refractivity contribution in [3.05, 3.63) is 35.9 Å². The zero-order valence-electron chi connectivity index (χ0n) is 10.7. The summed E-state index contributed by atoms with van der Waals surface area (Å²) in [6.07, 6.45) is 1.45. The molecule has 0 aliphatic carbocycles. The van der Waals surface area contributed by atoms with Gasteiger partial charge in [0.15, 0.2) is 0 Å². The van der Waals surface area contributed by atoms with E-state index in [1.165, 1.54) is 0 Å². The Morgan fingerprint density at radius 3 is 2.68 bits per heavy atom. The van der Waals surface area contributed by atoms with Crippen LogP contribution in [0.4, 0.5) is 0 Å². The molecule has 2 atom stereocenters. The van der Waals surface area contributed by atoms with Crippen molar-refractivity contribution >= 4 is 10.0 Å². The van der Waals surface area contributed by atoms with Crippen LogP contribution in [0.5, 0.6) is 0 Å². The summed E-state index contributed by atoms with van der Waals surface area (Å²) in [4.78, 5) is 0. The highest BCUT2D eigenvalue weighted by Gasteiger charge is 2.25. The van der Waals surface area contributed by atoms with Crippen molar-refractivity contribution in [1.29, 1.82) is 0 Å². The molecule has 0 spiro atoms. The van der Waals surface area contributed by atoms with Gasteiger partial charge in [0, 0.05) is 6.61 Å². The topological polar surface area (TPSA) is 75.6 Å². The fraction of sp³-hybridized carbons (Fsp3) is 0.538. The summed E-state index contributed by atoms with van der Waals surface area (Å²) >= 11 is 0. The van der Waals surface area contributed by atoms with Crippen LogP contribution in [-0.2, 0) is 14.8 Å². The summed E-state index contributed by atoms with van der Waals surface area (Å²) < 4.78 is 31.9. The van der Waals surface area contributed by atoms with E-state index in [1.54, 1.807) is 12.1 Å². The van der Waals surface area contributed by atoms with Crippen molar-refractivity contribution < 1.29 is 18.3 Å². The predicted molar refractivity (Wildman–Crippen MR) is 72.2 cm³/mol. The van der Waals surface area contributed by atoms with Gasteiger partial charge < -0.3 is 9.84 Å². The molecule has 2 rings (SSSR count). The molecule has 106 valence electrons. The first-order valence-electron chi connectivity index (χ1n) is 6.38. The Morgan fingerprint density at radius 1 is 1.37 bits per heavy atom. The first-order chi connectivity index (χ1) is 9.11. The number of hydrogen-bond acceptors (Lipinski definition) is 4. The molecule has 19 heavy (non-hydrogen) atoms. The summed E-state index contributed by atoms with van der Waals surface area (Å²) in [5.74, 6) is -0.0453. The smallest absolute Gasteiger partial charge is 0.214 e. The summed E-state index contributed by atoms with van der Waals surface area (Å²) in [5.41, 5.74) is 0.751. The van der Waals surface area contributed by atoms with Crippen LogP contribution in [0.2, 0.25) is 0 Å². The minimum absolute atomic E-state index is 0.0453. The zero-order valence-corrected chi connectivity index (χ0v) is 11.5. The number of aliphatic hydroxyl groups is 1. The normalized spacial score (nSPS) is 21.4.